The summed E-state index contributed by atoms with van der Waals surface area (Å²) in [4.78, 5) is 13.5. The van der Waals surface area contributed by atoms with Crippen molar-refractivity contribution in [2.45, 2.75) is 32.8 Å². The minimum atomic E-state index is -0.529. The zero-order valence-electron chi connectivity index (χ0n) is 13.4. The maximum Gasteiger partial charge on any atom is 0.221 e. The number of hydrogen-bond donors (Lipinski definition) is 2. The van der Waals surface area contributed by atoms with Gasteiger partial charge in [0.25, 0.3) is 0 Å². The average Bonchev–Trinajstić information content (AvgIpc) is 2.48. The van der Waals surface area contributed by atoms with Crippen molar-refractivity contribution in [3.8, 4) is 5.75 Å². The largest absolute Gasteiger partial charge is 0.489 e. The summed E-state index contributed by atoms with van der Waals surface area (Å²) < 4.78 is 5.67. The van der Waals surface area contributed by atoms with Gasteiger partial charge in [-0.15, -0.1) is 0 Å². The maximum atomic E-state index is 11.2. The molecular formula is C17H26N2O3. The normalized spacial score (nSPS) is 18.0. The van der Waals surface area contributed by atoms with E-state index in [1.54, 1.807) is 12.1 Å². The molecule has 5 nitrogen and oxygen atoms in total. The quantitative estimate of drug-likeness (QED) is 0.845. The van der Waals surface area contributed by atoms with Crippen molar-refractivity contribution in [3.63, 3.8) is 0 Å². The third-order valence-corrected chi connectivity index (χ3v) is 3.97. The third-order valence-electron chi connectivity index (χ3n) is 3.97. The highest BCUT2D eigenvalue weighted by Gasteiger charge is 2.18. The number of amides is 1. The number of rotatable bonds is 6. The van der Waals surface area contributed by atoms with Crippen LogP contribution in [-0.2, 0) is 4.79 Å². The van der Waals surface area contributed by atoms with Crippen molar-refractivity contribution in [3.05, 3.63) is 24.3 Å². The smallest absolute Gasteiger partial charge is 0.221 e. The zero-order valence-corrected chi connectivity index (χ0v) is 13.4. The van der Waals surface area contributed by atoms with Gasteiger partial charge in [-0.1, -0.05) is 19.1 Å². The van der Waals surface area contributed by atoms with Crippen LogP contribution in [0, 0.1) is 5.92 Å². The number of benzene rings is 1. The summed E-state index contributed by atoms with van der Waals surface area (Å²) in [5.41, 5.74) is 0.633. The number of anilines is 1. The van der Waals surface area contributed by atoms with Gasteiger partial charge >= 0.3 is 0 Å². The highest BCUT2D eigenvalue weighted by atomic mass is 16.5. The summed E-state index contributed by atoms with van der Waals surface area (Å²) in [5, 5.41) is 12.9. The maximum absolute atomic E-state index is 11.2. The molecule has 122 valence electrons. The zero-order chi connectivity index (χ0) is 15.9. The lowest BCUT2D eigenvalue weighted by molar-refractivity contribution is -0.114. The molecule has 0 radical (unpaired) electrons. The van der Waals surface area contributed by atoms with E-state index in [4.69, 9.17) is 4.74 Å². The van der Waals surface area contributed by atoms with Crippen LogP contribution in [0.3, 0.4) is 0 Å². The van der Waals surface area contributed by atoms with E-state index in [2.05, 4.69) is 17.1 Å². The Labute approximate surface area is 132 Å². The molecular weight excluding hydrogens is 280 g/mol. The lowest BCUT2D eigenvalue weighted by Crippen LogP contribution is -2.40. The van der Waals surface area contributed by atoms with Gasteiger partial charge in [0.2, 0.25) is 5.91 Å². The first-order valence-electron chi connectivity index (χ1n) is 7.94. The Bertz CT molecular complexity index is 485. The molecule has 1 aliphatic heterocycles. The SMILES string of the molecule is CC(=O)Nc1ccccc1OCC(O)CN1CCC(C)CC1. The molecule has 1 saturated heterocycles. The molecule has 0 saturated carbocycles. The molecule has 1 amide bonds. The first kappa shape index (κ1) is 16.8. The Kier molecular flexibility index (Phi) is 6.21. The number of aliphatic hydroxyl groups is 1. The van der Waals surface area contributed by atoms with Gasteiger partial charge in [0.1, 0.15) is 18.5 Å². The van der Waals surface area contributed by atoms with Crippen LogP contribution in [0.5, 0.6) is 5.75 Å². The summed E-state index contributed by atoms with van der Waals surface area (Å²) in [7, 11) is 0. The summed E-state index contributed by atoms with van der Waals surface area (Å²) in [6.07, 6.45) is 1.86. The number of hydrogen-bond acceptors (Lipinski definition) is 4. The molecule has 1 aromatic carbocycles. The van der Waals surface area contributed by atoms with Gasteiger partial charge in [0.15, 0.2) is 0 Å². The van der Waals surface area contributed by atoms with Crippen LogP contribution in [0.25, 0.3) is 0 Å². The van der Waals surface area contributed by atoms with Crippen LogP contribution in [0.4, 0.5) is 5.69 Å². The fraction of sp³-hybridized carbons (Fsp3) is 0.588. The number of aliphatic hydroxyl groups excluding tert-OH is 1. The number of likely N-dealkylation sites (tertiary alicyclic amines) is 1. The van der Waals surface area contributed by atoms with Gasteiger partial charge < -0.3 is 20.1 Å². The Morgan fingerprint density at radius 2 is 2.09 bits per heavy atom. The number of para-hydroxylation sites is 2. The second-order valence-electron chi connectivity index (χ2n) is 6.13. The molecule has 1 unspecified atom stereocenters. The van der Waals surface area contributed by atoms with E-state index in [0.29, 0.717) is 18.0 Å². The molecule has 2 N–H and O–H groups in total. The van der Waals surface area contributed by atoms with E-state index in [9.17, 15) is 9.90 Å². The fourth-order valence-corrected chi connectivity index (χ4v) is 2.67. The average molecular weight is 306 g/mol. The second kappa shape index (κ2) is 8.15. The standard InChI is InChI=1S/C17H26N2O3/c1-13-7-9-19(10-8-13)11-15(21)12-22-17-6-4-3-5-16(17)18-14(2)20/h3-6,13,15,21H,7-12H2,1-2H3,(H,18,20). The van der Waals surface area contributed by atoms with Crippen LogP contribution in [0.15, 0.2) is 24.3 Å². The van der Waals surface area contributed by atoms with Crippen molar-refractivity contribution >= 4 is 11.6 Å². The van der Waals surface area contributed by atoms with Gasteiger partial charge in [-0.05, 0) is 44.0 Å². The molecule has 0 aliphatic carbocycles. The van der Waals surface area contributed by atoms with Crippen LogP contribution < -0.4 is 10.1 Å². The van der Waals surface area contributed by atoms with Crippen molar-refractivity contribution < 1.29 is 14.6 Å². The summed E-state index contributed by atoms with van der Waals surface area (Å²) in [6.45, 7) is 6.68. The van der Waals surface area contributed by atoms with E-state index in [1.807, 2.05) is 12.1 Å². The first-order chi connectivity index (χ1) is 10.5. The molecule has 1 fully saturated rings. The van der Waals surface area contributed by atoms with Crippen LogP contribution in [0.2, 0.25) is 0 Å². The number of β-amino-alcohol motifs (C(OH)–C–C–N with tert-alkyl or cyclic N) is 1. The molecule has 1 aliphatic rings. The summed E-state index contributed by atoms with van der Waals surface area (Å²) in [5.74, 6) is 1.23. The minimum Gasteiger partial charge on any atom is -0.489 e. The van der Waals surface area contributed by atoms with Crippen molar-refractivity contribution in [1.82, 2.24) is 4.90 Å². The Morgan fingerprint density at radius 3 is 2.77 bits per heavy atom. The number of nitrogens with one attached hydrogen (secondary N) is 1. The summed E-state index contributed by atoms with van der Waals surface area (Å²) in [6, 6.07) is 7.26. The van der Waals surface area contributed by atoms with E-state index >= 15 is 0 Å². The van der Waals surface area contributed by atoms with Gasteiger partial charge in [-0.25, -0.2) is 0 Å². The number of carbonyl (C=O) groups is 1. The monoisotopic (exact) mass is 306 g/mol. The van der Waals surface area contributed by atoms with Gasteiger partial charge in [0.05, 0.1) is 5.69 Å². The van der Waals surface area contributed by atoms with Gasteiger partial charge in [-0.3, -0.25) is 4.79 Å². The first-order valence-corrected chi connectivity index (χ1v) is 7.94. The van der Waals surface area contributed by atoms with Crippen LogP contribution >= 0.6 is 0 Å². The third kappa shape index (κ3) is 5.31. The predicted octanol–water partition coefficient (Wildman–Crippen LogP) is 2.12. The van der Waals surface area contributed by atoms with E-state index in [0.717, 1.165) is 19.0 Å². The van der Waals surface area contributed by atoms with Gasteiger partial charge in [0, 0.05) is 13.5 Å². The fourth-order valence-electron chi connectivity index (χ4n) is 2.67. The molecule has 5 heteroatoms. The molecule has 0 aromatic heterocycles. The van der Waals surface area contributed by atoms with Crippen molar-refractivity contribution in [2.24, 2.45) is 5.92 Å². The molecule has 0 bridgehead atoms. The molecule has 22 heavy (non-hydrogen) atoms. The number of ether oxygens (including phenoxy) is 1. The van der Waals surface area contributed by atoms with Crippen LogP contribution in [-0.4, -0.2) is 48.3 Å². The van der Waals surface area contributed by atoms with Crippen molar-refractivity contribution in [1.29, 1.82) is 0 Å². The number of carbonyl (C=O) groups excluding carboxylic acids is 1. The van der Waals surface area contributed by atoms with E-state index < -0.39 is 6.10 Å². The molecule has 1 aromatic rings. The number of piperidine rings is 1. The molecule has 0 spiro atoms. The molecule has 2 rings (SSSR count). The lowest BCUT2D eigenvalue weighted by atomic mass is 9.99. The second-order valence-corrected chi connectivity index (χ2v) is 6.13. The van der Waals surface area contributed by atoms with Crippen LogP contribution in [0.1, 0.15) is 26.7 Å². The molecule has 1 heterocycles. The van der Waals surface area contributed by atoms with Crippen molar-refractivity contribution in [2.75, 3.05) is 31.6 Å². The Hall–Kier alpha value is -1.59. The van der Waals surface area contributed by atoms with Gasteiger partial charge in [-0.2, -0.15) is 0 Å². The lowest BCUT2D eigenvalue weighted by Gasteiger charge is -2.31. The number of nitrogens with zero attached hydrogens (tertiary/aromatic N) is 1. The highest BCUT2D eigenvalue weighted by molar-refractivity contribution is 5.90. The Balaban J connectivity index is 1.81. The topological polar surface area (TPSA) is 61.8 Å². The summed E-state index contributed by atoms with van der Waals surface area (Å²) >= 11 is 0. The Morgan fingerprint density at radius 1 is 1.41 bits per heavy atom. The van der Waals surface area contributed by atoms with E-state index in [-0.39, 0.29) is 12.5 Å². The predicted molar refractivity (Wildman–Crippen MR) is 87.1 cm³/mol. The molecule has 1 atom stereocenters. The van der Waals surface area contributed by atoms with E-state index in [1.165, 1.54) is 19.8 Å². The highest BCUT2D eigenvalue weighted by Crippen LogP contribution is 2.24. The minimum absolute atomic E-state index is 0.140.